The minimum atomic E-state index is -1.17. The van der Waals surface area contributed by atoms with Gasteiger partial charge in [-0.3, -0.25) is 14.0 Å². The summed E-state index contributed by atoms with van der Waals surface area (Å²) >= 11 is 1.66. The van der Waals surface area contributed by atoms with Crippen LogP contribution in [-0.4, -0.2) is 75.5 Å². The Morgan fingerprint density at radius 1 is 1.27 bits per heavy atom. The molecule has 0 spiro atoms. The molecule has 4 heterocycles. The molecule has 2 unspecified atom stereocenters. The summed E-state index contributed by atoms with van der Waals surface area (Å²) in [4.78, 5) is 52.0. The predicted octanol–water partition coefficient (Wildman–Crippen LogP) is 3.19. The molecule has 1 fully saturated rings. The zero-order chi connectivity index (χ0) is 29.0. The van der Waals surface area contributed by atoms with Gasteiger partial charge in [-0.2, -0.15) is 0 Å². The number of hydrogen-bond acceptors (Lipinski definition) is 8. The predicted molar refractivity (Wildman–Crippen MR) is 158 cm³/mol. The molecule has 0 aromatic carbocycles. The Labute approximate surface area is 238 Å². The molecule has 1 amide bonds. The van der Waals surface area contributed by atoms with Crippen LogP contribution in [0.5, 0.6) is 0 Å². The number of fused-ring (bicyclic) bond motifs is 1. The van der Waals surface area contributed by atoms with E-state index < -0.39 is 12.0 Å². The van der Waals surface area contributed by atoms with Gasteiger partial charge in [0, 0.05) is 43.2 Å². The van der Waals surface area contributed by atoms with E-state index in [1.165, 1.54) is 10.5 Å². The second-order valence-corrected chi connectivity index (χ2v) is 11.6. The molecular formula is C29H38N6O4S. The third-order valence-corrected chi connectivity index (χ3v) is 8.17. The Kier molecular flexibility index (Phi) is 9.36. The van der Waals surface area contributed by atoms with Gasteiger partial charge in [0.2, 0.25) is 5.91 Å². The molecule has 0 aliphatic carbocycles. The second kappa shape index (κ2) is 12.7. The van der Waals surface area contributed by atoms with Crippen LogP contribution in [0.2, 0.25) is 0 Å². The molecule has 4 rings (SSSR count). The van der Waals surface area contributed by atoms with E-state index >= 15 is 0 Å². The number of aromatic nitrogens is 3. The molecule has 10 nitrogen and oxygen atoms in total. The van der Waals surface area contributed by atoms with Gasteiger partial charge in [0.25, 0.3) is 5.56 Å². The lowest BCUT2D eigenvalue weighted by atomic mass is 9.93. The first-order chi connectivity index (χ1) is 19.1. The maximum atomic E-state index is 13.7. The average molecular weight is 567 g/mol. The fourth-order valence-electron chi connectivity index (χ4n) is 5.16. The highest BCUT2D eigenvalue weighted by molar-refractivity contribution is 7.09. The van der Waals surface area contributed by atoms with E-state index in [-0.39, 0.29) is 23.1 Å². The SMILES string of the molecule is CCNC(=O)C1C(N(C)C)CCCN1c1nc2cc(CCc3nc(C(C)C)cs3)ccn2c(=O)c1/C=C/C(=O)O. The molecule has 11 heteroatoms. The lowest BCUT2D eigenvalue weighted by Crippen LogP contribution is -2.61. The van der Waals surface area contributed by atoms with Crippen molar-refractivity contribution in [3.8, 4) is 0 Å². The molecule has 1 aliphatic rings. The minimum Gasteiger partial charge on any atom is -0.478 e. The number of anilines is 1. The number of likely N-dealkylation sites (N-methyl/N-ethyl adjacent to an activating group) is 2. The molecule has 0 bridgehead atoms. The fraction of sp³-hybridized carbons (Fsp3) is 0.483. The largest absolute Gasteiger partial charge is 0.478 e. The van der Waals surface area contributed by atoms with Crippen LogP contribution in [0, 0.1) is 0 Å². The summed E-state index contributed by atoms with van der Waals surface area (Å²) < 4.78 is 1.43. The monoisotopic (exact) mass is 566 g/mol. The van der Waals surface area contributed by atoms with E-state index in [9.17, 15) is 19.5 Å². The average Bonchev–Trinajstić information content (AvgIpc) is 3.40. The first-order valence-electron chi connectivity index (χ1n) is 13.7. The van der Waals surface area contributed by atoms with Crippen molar-refractivity contribution >= 4 is 40.8 Å². The molecule has 3 aromatic rings. The summed E-state index contributed by atoms with van der Waals surface area (Å²) in [6.45, 7) is 7.12. The maximum absolute atomic E-state index is 13.7. The molecule has 3 aromatic heterocycles. The lowest BCUT2D eigenvalue weighted by Gasteiger charge is -2.44. The van der Waals surface area contributed by atoms with Gasteiger partial charge in [-0.05, 0) is 70.0 Å². The summed E-state index contributed by atoms with van der Waals surface area (Å²) in [5.41, 5.74) is 2.32. The Hall–Kier alpha value is -3.57. The Morgan fingerprint density at radius 2 is 2.05 bits per heavy atom. The number of carboxylic acids is 1. The van der Waals surface area contributed by atoms with E-state index in [0.717, 1.165) is 48.0 Å². The van der Waals surface area contributed by atoms with Crippen LogP contribution in [0.25, 0.3) is 11.7 Å². The van der Waals surface area contributed by atoms with Crippen molar-refractivity contribution in [3.05, 3.63) is 62.0 Å². The first-order valence-corrected chi connectivity index (χ1v) is 14.6. The van der Waals surface area contributed by atoms with Crippen molar-refractivity contribution in [3.63, 3.8) is 0 Å². The van der Waals surface area contributed by atoms with E-state index in [1.54, 1.807) is 17.5 Å². The van der Waals surface area contributed by atoms with Crippen molar-refractivity contribution in [2.24, 2.45) is 0 Å². The summed E-state index contributed by atoms with van der Waals surface area (Å²) in [5.74, 6) is -0.605. The molecule has 40 heavy (non-hydrogen) atoms. The van der Waals surface area contributed by atoms with Gasteiger partial charge in [-0.15, -0.1) is 11.3 Å². The molecule has 2 atom stereocenters. The van der Waals surface area contributed by atoms with Crippen molar-refractivity contribution in [2.75, 3.05) is 32.1 Å². The summed E-state index contributed by atoms with van der Waals surface area (Å²) in [7, 11) is 3.88. The second-order valence-electron chi connectivity index (χ2n) is 10.6. The van der Waals surface area contributed by atoms with Gasteiger partial charge in [-0.1, -0.05) is 13.8 Å². The first kappa shape index (κ1) is 29.4. The number of carboxylic acid groups (broad SMARTS) is 1. The van der Waals surface area contributed by atoms with Crippen LogP contribution < -0.4 is 15.8 Å². The van der Waals surface area contributed by atoms with Crippen LogP contribution >= 0.6 is 11.3 Å². The number of carbonyl (C=O) groups is 2. The van der Waals surface area contributed by atoms with Gasteiger partial charge in [-0.25, -0.2) is 14.8 Å². The van der Waals surface area contributed by atoms with E-state index in [1.807, 2.05) is 43.0 Å². The number of amides is 1. The standard InChI is InChI=1S/C29H38N6O4S/c1-6-30-28(38)26-22(33(4)5)8-7-14-35(26)27-20(10-12-25(36)37)29(39)34-15-13-19(16-23(34)32-27)9-11-24-31-21(17-40-24)18(2)3/h10,12-13,15-18,22,26H,6-9,11,14H2,1-5H3,(H,30,38)(H,36,37)/b12-10+. The normalized spacial score (nSPS) is 17.8. The smallest absolute Gasteiger partial charge is 0.328 e. The molecular weight excluding hydrogens is 528 g/mol. The van der Waals surface area contributed by atoms with Gasteiger partial charge >= 0.3 is 5.97 Å². The highest BCUT2D eigenvalue weighted by Gasteiger charge is 2.39. The fourth-order valence-corrected chi connectivity index (χ4v) is 6.12. The van der Waals surface area contributed by atoms with Gasteiger partial charge in [0.05, 0.1) is 16.3 Å². The van der Waals surface area contributed by atoms with Gasteiger partial charge in [0.1, 0.15) is 17.5 Å². The highest BCUT2D eigenvalue weighted by Crippen LogP contribution is 2.29. The number of aliphatic carboxylic acids is 1. The maximum Gasteiger partial charge on any atom is 0.328 e. The van der Waals surface area contributed by atoms with Crippen molar-refractivity contribution < 1.29 is 14.7 Å². The number of pyridine rings is 1. The number of rotatable bonds is 10. The molecule has 1 saturated heterocycles. The number of nitrogens with zero attached hydrogens (tertiary/aromatic N) is 5. The zero-order valence-electron chi connectivity index (χ0n) is 23.8. The number of carbonyl (C=O) groups excluding carboxylic acids is 1. The van der Waals surface area contributed by atoms with Crippen LogP contribution in [-0.2, 0) is 22.4 Å². The van der Waals surface area contributed by atoms with E-state index in [2.05, 4.69) is 24.5 Å². The lowest BCUT2D eigenvalue weighted by molar-refractivity contribution is -0.131. The topological polar surface area (TPSA) is 120 Å². The van der Waals surface area contributed by atoms with E-state index in [4.69, 9.17) is 9.97 Å². The van der Waals surface area contributed by atoms with Crippen LogP contribution in [0.15, 0.2) is 34.6 Å². The number of aryl methyl sites for hydroxylation is 2. The molecule has 214 valence electrons. The molecule has 2 N–H and O–H groups in total. The van der Waals surface area contributed by atoms with Crippen molar-refractivity contribution in [1.29, 1.82) is 0 Å². The van der Waals surface area contributed by atoms with Crippen LogP contribution in [0.1, 0.15) is 61.4 Å². The minimum absolute atomic E-state index is 0.0998. The summed E-state index contributed by atoms with van der Waals surface area (Å²) in [6.07, 6.45) is 7.04. The Balaban J connectivity index is 1.79. The number of thiazole rings is 1. The number of piperidine rings is 1. The third-order valence-electron chi connectivity index (χ3n) is 7.24. The van der Waals surface area contributed by atoms with Crippen molar-refractivity contribution in [2.45, 2.75) is 64.5 Å². The molecule has 1 aliphatic heterocycles. The highest BCUT2D eigenvalue weighted by atomic mass is 32.1. The molecule has 0 saturated carbocycles. The van der Waals surface area contributed by atoms with Crippen molar-refractivity contribution in [1.82, 2.24) is 24.6 Å². The quantitative estimate of drug-likeness (QED) is 0.359. The van der Waals surface area contributed by atoms with Crippen LogP contribution in [0.4, 0.5) is 5.82 Å². The third kappa shape index (κ3) is 6.42. The number of nitrogens with one attached hydrogen (secondary N) is 1. The van der Waals surface area contributed by atoms with Gasteiger partial charge < -0.3 is 20.2 Å². The van der Waals surface area contributed by atoms with E-state index in [0.29, 0.717) is 30.5 Å². The molecule has 0 radical (unpaired) electrons. The Bertz CT molecular complexity index is 1460. The Morgan fingerprint density at radius 3 is 2.70 bits per heavy atom. The van der Waals surface area contributed by atoms with Crippen LogP contribution in [0.3, 0.4) is 0 Å². The summed E-state index contributed by atoms with van der Waals surface area (Å²) in [5, 5.41) is 15.4. The summed E-state index contributed by atoms with van der Waals surface area (Å²) in [6, 6.07) is 3.09. The number of hydrogen-bond donors (Lipinski definition) is 2. The zero-order valence-corrected chi connectivity index (χ0v) is 24.6. The van der Waals surface area contributed by atoms with Gasteiger partial charge in [0.15, 0.2) is 0 Å².